The summed E-state index contributed by atoms with van der Waals surface area (Å²) in [6.45, 7) is 1.82. The molecule has 3 aromatic rings. The minimum atomic E-state index is -0.960. The maximum absolute atomic E-state index is 14.6. The third kappa shape index (κ3) is 3.59. The van der Waals surface area contributed by atoms with Crippen LogP contribution in [0.15, 0.2) is 72.8 Å². The highest BCUT2D eigenvalue weighted by Crippen LogP contribution is 2.42. The van der Waals surface area contributed by atoms with E-state index in [1.54, 1.807) is 36.4 Å². The number of nitrogens with zero attached hydrogens (tertiary/aromatic N) is 1. The largest absolute Gasteiger partial charge is 0.368 e. The molecule has 2 atom stereocenters. The SMILES string of the molecule is Cc1cc(F)c2c(c1)[C@H](N(C(=O)c1ccccc1)C(C(N)=O)c1ccccc1)CC2. The number of fused-ring (bicyclic) bond motifs is 1. The number of amides is 2. The average Bonchev–Trinajstić information content (AvgIpc) is 3.16. The number of benzene rings is 3. The van der Waals surface area contributed by atoms with E-state index in [4.69, 9.17) is 5.73 Å². The van der Waals surface area contributed by atoms with Gasteiger partial charge in [0, 0.05) is 5.56 Å². The van der Waals surface area contributed by atoms with Crippen molar-refractivity contribution in [3.05, 3.63) is 106 Å². The highest BCUT2D eigenvalue weighted by Gasteiger charge is 2.40. The molecule has 3 aromatic carbocycles. The van der Waals surface area contributed by atoms with Crippen molar-refractivity contribution in [2.24, 2.45) is 5.73 Å². The molecule has 4 rings (SSSR count). The van der Waals surface area contributed by atoms with Crippen LogP contribution < -0.4 is 5.73 Å². The van der Waals surface area contributed by atoms with E-state index in [9.17, 15) is 14.0 Å². The van der Waals surface area contributed by atoms with Crippen LogP contribution in [0.5, 0.6) is 0 Å². The molecule has 0 radical (unpaired) electrons. The minimum Gasteiger partial charge on any atom is -0.368 e. The Labute approximate surface area is 175 Å². The van der Waals surface area contributed by atoms with Crippen LogP contribution in [0, 0.1) is 12.7 Å². The van der Waals surface area contributed by atoms with E-state index < -0.39 is 18.0 Å². The fourth-order valence-electron chi connectivity index (χ4n) is 4.35. The van der Waals surface area contributed by atoms with Crippen LogP contribution in [0.1, 0.15) is 51.1 Å². The van der Waals surface area contributed by atoms with Crippen molar-refractivity contribution in [3.8, 4) is 0 Å². The first-order chi connectivity index (χ1) is 14.5. The van der Waals surface area contributed by atoms with Crippen molar-refractivity contribution in [2.75, 3.05) is 0 Å². The third-order valence-corrected chi connectivity index (χ3v) is 5.66. The molecule has 4 nitrogen and oxygen atoms in total. The summed E-state index contributed by atoms with van der Waals surface area (Å²) in [6, 6.07) is 19.8. The Morgan fingerprint density at radius 3 is 2.30 bits per heavy atom. The summed E-state index contributed by atoms with van der Waals surface area (Å²) >= 11 is 0. The first kappa shape index (κ1) is 19.8. The predicted molar refractivity (Wildman–Crippen MR) is 113 cm³/mol. The van der Waals surface area contributed by atoms with E-state index in [1.807, 2.05) is 37.3 Å². The van der Waals surface area contributed by atoms with E-state index in [-0.39, 0.29) is 11.7 Å². The molecule has 1 aliphatic carbocycles. The zero-order valence-corrected chi connectivity index (χ0v) is 16.7. The fraction of sp³-hybridized carbons (Fsp3) is 0.200. The van der Waals surface area contributed by atoms with Crippen molar-refractivity contribution >= 4 is 11.8 Å². The van der Waals surface area contributed by atoms with Gasteiger partial charge in [-0.1, -0.05) is 54.6 Å². The van der Waals surface area contributed by atoms with Crippen LogP contribution in [0.25, 0.3) is 0 Å². The van der Waals surface area contributed by atoms with Crippen molar-refractivity contribution in [1.29, 1.82) is 0 Å². The quantitative estimate of drug-likeness (QED) is 0.683. The Morgan fingerprint density at radius 1 is 1.03 bits per heavy atom. The zero-order chi connectivity index (χ0) is 21.3. The van der Waals surface area contributed by atoms with Crippen molar-refractivity contribution in [1.82, 2.24) is 4.90 Å². The molecule has 0 spiro atoms. The molecular formula is C25H23FN2O2. The number of halogens is 1. The summed E-state index contributed by atoms with van der Waals surface area (Å²) < 4.78 is 14.6. The molecule has 0 heterocycles. The highest BCUT2D eigenvalue weighted by molar-refractivity contribution is 5.98. The Balaban J connectivity index is 1.88. The van der Waals surface area contributed by atoms with Crippen LogP contribution in [-0.2, 0) is 11.2 Å². The van der Waals surface area contributed by atoms with E-state index in [0.717, 1.165) is 11.1 Å². The number of nitrogens with two attached hydrogens (primary N) is 1. The van der Waals surface area contributed by atoms with E-state index in [2.05, 4.69) is 0 Å². The first-order valence-electron chi connectivity index (χ1n) is 9.98. The summed E-state index contributed by atoms with van der Waals surface area (Å²) in [6.07, 6.45) is 1.04. The number of hydrogen-bond acceptors (Lipinski definition) is 2. The molecule has 0 saturated carbocycles. The highest BCUT2D eigenvalue weighted by atomic mass is 19.1. The molecular weight excluding hydrogens is 379 g/mol. The van der Waals surface area contributed by atoms with E-state index in [0.29, 0.717) is 29.5 Å². The second-order valence-corrected chi connectivity index (χ2v) is 7.66. The molecule has 2 N–H and O–H groups in total. The topological polar surface area (TPSA) is 63.4 Å². The van der Waals surface area contributed by atoms with Crippen molar-refractivity contribution in [3.63, 3.8) is 0 Å². The van der Waals surface area contributed by atoms with Crippen LogP contribution in [0.4, 0.5) is 4.39 Å². The van der Waals surface area contributed by atoms with Gasteiger partial charge in [-0.05, 0) is 60.2 Å². The lowest BCUT2D eigenvalue weighted by Gasteiger charge is -2.36. The molecule has 30 heavy (non-hydrogen) atoms. The van der Waals surface area contributed by atoms with Gasteiger partial charge in [0.05, 0.1) is 6.04 Å². The molecule has 0 aliphatic heterocycles. The summed E-state index contributed by atoms with van der Waals surface area (Å²) in [5.74, 6) is -1.19. The lowest BCUT2D eigenvalue weighted by molar-refractivity contribution is -0.123. The van der Waals surface area contributed by atoms with Gasteiger partial charge in [0.1, 0.15) is 11.9 Å². The van der Waals surface area contributed by atoms with Gasteiger partial charge in [-0.25, -0.2) is 4.39 Å². The lowest BCUT2D eigenvalue weighted by atomic mass is 9.97. The van der Waals surface area contributed by atoms with E-state index >= 15 is 0 Å². The molecule has 1 aliphatic rings. The van der Waals surface area contributed by atoms with Crippen molar-refractivity contribution in [2.45, 2.75) is 31.8 Å². The smallest absolute Gasteiger partial charge is 0.255 e. The Hall–Kier alpha value is -3.47. The maximum Gasteiger partial charge on any atom is 0.255 e. The Bertz CT molecular complexity index is 1080. The number of rotatable bonds is 5. The predicted octanol–water partition coefficient (Wildman–Crippen LogP) is 4.49. The minimum absolute atomic E-state index is 0.269. The number of carbonyl (C=O) groups is 2. The van der Waals surface area contributed by atoms with Gasteiger partial charge in [-0.2, -0.15) is 0 Å². The summed E-state index contributed by atoms with van der Waals surface area (Å²) in [5, 5.41) is 0. The first-order valence-corrected chi connectivity index (χ1v) is 9.98. The summed E-state index contributed by atoms with van der Waals surface area (Å²) in [7, 11) is 0. The van der Waals surface area contributed by atoms with Gasteiger partial charge in [0.15, 0.2) is 0 Å². The Kier molecular flexibility index (Phi) is 5.36. The molecule has 1 unspecified atom stereocenters. The van der Waals surface area contributed by atoms with Gasteiger partial charge >= 0.3 is 0 Å². The number of carbonyl (C=O) groups excluding carboxylic acids is 2. The second kappa shape index (κ2) is 8.11. The number of hydrogen-bond donors (Lipinski definition) is 1. The molecule has 2 amide bonds. The lowest BCUT2D eigenvalue weighted by Crippen LogP contribution is -2.43. The molecule has 0 bridgehead atoms. The normalized spacial score (nSPS) is 16.0. The molecule has 0 fully saturated rings. The standard InChI is InChI=1S/C25H23FN2O2/c1-16-14-20-19(21(26)15-16)12-13-22(20)28(25(30)18-10-6-3-7-11-18)23(24(27)29)17-8-4-2-5-9-17/h2-11,14-15,22-23H,12-13H2,1H3,(H2,27,29)/t22-,23?/m1/s1. The van der Waals surface area contributed by atoms with Crippen LogP contribution in [0.3, 0.4) is 0 Å². The van der Waals surface area contributed by atoms with Gasteiger partial charge in [0.2, 0.25) is 5.91 Å². The number of primary amides is 1. The number of aryl methyl sites for hydroxylation is 1. The molecule has 0 aromatic heterocycles. The van der Waals surface area contributed by atoms with Gasteiger partial charge in [0.25, 0.3) is 5.91 Å². The molecule has 5 heteroatoms. The van der Waals surface area contributed by atoms with Crippen LogP contribution in [0.2, 0.25) is 0 Å². The molecule has 0 saturated heterocycles. The summed E-state index contributed by atoms with van der Waals surface area (Å²) in [4.78, 5) is 27.8. The summed E-state index contributed by atoms with van der Waals surface area (Å²) in [5.41, 5.74) is 9.05. The average molecular weight is 402 g/mol. The van der Waals surface area contributed by atoms with Crippen LogP contribution >= 0.6 is 0 Å². The second-order valence-electron chi connectivity index (χ2n) is 7.66. The van der Waals surface area contributed by atoms with E-state index in [1.165, 1.54) is 11.0 Å². The van der Waals surface area contributed by atoms with Crippen molar-refractivity contribution < 1.29 is 14.0 Å². The monoisotopic (exact) mass is 402 g/mol. The third-order valence-electron chi connectivity index (χ3n) is 5.66. The van der Waals surface area contributed by atoms with Gasteiger partial charge < -0.3 is 10.6 Å². The van der Waals surface area contributed by atoms with Crippen LogP contribution in [-0.4, -0.2) is 16.7 Å². The van der Waals surface area contributed by atoms with Gasteiger partial charge in [-0.15, -0.1) is 0 Å². The zero-order valence-electron chi connectivity index (χ0n) is 16.7. The molecule has 152 valence electrons. The fourth-order valence-corrected chi connectivity index (χ4v) is 4.35. The van der Waals surface area contributed by atoms with Gasteiger partial charge in [-0.3, -0.25) is 9.59 Å². The Morgan fingerprint density at radius 2 is 1.67 bits per heavy atom. The maximum atomic E-state index is 14.6.